The first-order chi connectivity index (χ1) is 2.00. The Morgan fingerprint density at radius 3 is 1.50 bits per heavy atom. The van der Waals surface area contributed by atoms with Crippen molar-refractivity contribution in [2.24, 2.45) is 5.90 Å². The minimum Gasteiger partial charge on any atom is -0.320 e. The van der Waals surface area contributed by atoms with E-state index in [1.54, 1.807) is 0 Å². The van der Waals surface area contributed by atoms with Gasteiger partial charge in [-0.1, -0.05) is 0 Å². The van der Waals surface area contributed by atoms with Crippen LogP contribution in [0.15, 0.2) is 0 Å². The third-order valence-electron chi connectivity index (χ3n) is 0. The van der Waals surface area contributed by atoms with E-state index in [9.17, 15) is 4.39 Å². The van der Waals surface area contributed by atoms with Crippen molar-refractivity contribution >= 4 is 0 Å². The third-order valence-corrected chi connectivity index (χ3v) is 0. The molecule has 0 aliphatic carbocycles. The third kappa shape index (κ3) is 59.4. The Balaban J connectivity index is 0. The highest BCUT2D eigenvalue weighted by Gasteiger charge is 0.926. The van der Waals surface area contributed by atoms with Gasteiger partial charge >= 0.3 is 0 Å². The smallest absolute Gasteiger partial charge is 0.0785 e. The molecule has 0 amide bonds. The molecular weight excluding hydrogens is 61.0 g/mol. The molecule has 0 spiro atoms. The first kappa shape index (κ1) is 9.14. The summed E-state index contributed by atoms with van der Waals surface area (Å²) in [6.07, 6.45) is 0. The molecule has 0 radical (unpaired) electrons. The molecular formula is CH6FNO. The molecule has 0 aliphatic heterocycles. The second-order valence-corrected chi connectivity index (χ2v) is 0. The lowest BCUT2D eigenvalue weighted by Gasteiger charge is -1.27. The summed E-state index contributed by atoms with van der Waals surface area (Å²) in [5.41, 5.74) is 0. The molecule has 0 aromatic heterocycles. The Kier molecular flexibility index (Phi) is 990. The van der Waals surface area contributed by atoms with Crippen LogP contribution in [-0.2, 0) is 0 Å². The lowest BCUT2D eigenvalue weighted by Crippen LogP contribution is -1.72. The predicted octanol–water partition coefficient (Wildman–Crippen LogP) is -0.0800. The first-order valence-electron chi connectivity index (χ1n) is 0.636. The van der Waals surface area contributed by atoms with Crippen molar-refractivity contribution in [2.45, 2.75) is 0 Å². The molecule has 2 nitrogen and oxygen atoms in total. The summed E-state index contributed by atoms with van der Waals surface area (Å²) in [7, 11) is 0.500. The molecule has 0 bridgehead atoms. The summed E-state index contributed by atoms with van der Waals surface area (Å²) in [5, 5.41) is 6.50. The van der Waals surface area contributed by atoms with Crippen LogP contribution < -0.4 is 5.90 Å². The van der Waals surface area contributed by atoms with E-state index in [2.05, 4.69) is 5.90 Å². The van der Waals surface area contributed by atoms with Gasteiger partial charge in [0.1, 0.15) is 0 Å². The quantitative estimate of drug-likeness (QED) is 0.389. The van der Waals surface area contributed by atoms with E-state index in [-0.39, 0.29) is 0 Å². The highest BCUT2D eigenvalue weighted by atomic mass is 19.1. The number of alkyl halides is 1. The number of rotatable bonds is 0. The molecule has 28 valence electrons. The van der Waals surface area contributed by atoms with Gasteiger partial charge in [0.25, 0.3) is 0 Å². The lowest BCUT2D eigenvalue weighted by molar-refractivity contribution is 0.311. The fourth-order valence-electron chi connectivity index (χ4n) is 0. The molecule has 0 atom stereocenters. The van der Waals surface area contributed by atoms with Crippen LogP contribution in [0.2, 0.25) is 0 Å². The Hall–Kier alpha value is -0.150. The second-order valence-electron chi connectivity index (χ2n) is 0. The fourth-order valence-corrected chi connectivity index (χ4v) is 0. The molecule has 0 aliphatic rings. The molecule has 3 heteroatoms. The molecule has 3 N–H and O–H groups in total. The molecule has 0 aromatic rings. The Labute approximate surface area is 24.0 Å². The van der Waals surface area contributed by atoms with Gasteiger partial charge in [0.05, 0.1) is 7.18 Å². The topological polar surface area (TPSA) is 46.2 Å². The highest BCUT2D eigenvalue weighted by Crippen LogP contribution is 1.16. The maximum absolute atomic E-state index is 9.50. The maximum atomic E-state index is 9.50. The van der Waals surface area contributed by atoms with Crippen LogP contribution in [0.3, 0.4) is 0 Å². The zero-order chi connectivity index (χ0) is 4.00. The van der Waals surface area contributed by atoms with Gasteiger partial charge in [-0.15, -0.1) is 0 Å². The minimum absolute atomic E-state index is 0.500. The van der Waals surface area contributed by atoms with Gasteiger partial charge in [0.15, 0.2) is 0 Å². The minimum atomic E-state index is 0.500. The van der Waals surface area contributed by atoms with Gasteiger partial charge in [0.2, 0.25) is 0 Å². The van der Waals surface area contributed by atoms with Gasteiger partial charge in [-0.3, -0.25) is 4.39 Å². The van der Waals surface area contributed by atoms with Crippen molar-refractivity contribution in [3.05, 3.63) is 0 Å². The largest absolute Gasteiger partial charge is 0.320 e. The van der Waals surface area contributed by atoms with Crippen molar-refractivity contribution < 1.29 is 9.60 Å². The van der Waals surface area contributed by atoms with E-state index >= 15 is 0 Å². The van der Waals surface area contributed by atoms with E-state index in [1.165, 1.54) is 0 Å². The van der Waals surface area contributed by atoms with E-state index in [1.807, 2.05) is 0 Å². The molecule has 0 heterocycles. The summed E-state index contributed by atoms with van der Waals surface area (Å²) < 4.78 is 9.50. The van der Waals surface area contributed by atoms with Gasteiger partial charge in [0, 0.05) is 0 Å². The molecule has 0 saturated heterocycles. The van der Waals surface area contributed by atoms with Gasteiger partial charge in [-0.05, 0) is 0 Å². The summed E-state index contributed by atoms with van der Waals surface area (Å²) in [6, 6.07) is 0. The average Bonchev–Trinajstić information content (AvgIpc) is 1.50. The molecule has 0 aromatic carbocycles. The van der Waals surface area contributed by atoms with Crippen molar-refractivity contribution in [2.75, 3.05) is 7.18 Å². The standard InChI is InChI=1S/CH3F.H3NO/c2*1-2/h1H3;2H,1H2. The van der Waals surface area contributed by atoms with E-state index in [0.717, 1.165) is 0 Å². The normalized spacial score (nSPS) is 3.00. The van der Waals surface area contributed by atoms with Crippen LogP contribution in [0.4, 0.5) is 4.39 Å². The van der Waals surface area contributed by atoms with Gasteiger partial charge < -0.3 is 5.21 Å². The van der Waals surface area contributed by atoms with Crippen LogP contribution in [-0.4, -0.2) is 12.4 Å². The number of nitrogens with two attached hydrogens (primary N) is 1. The molecule has 0 rings (SSSR count). The van der Waals surface area contributed by atoms with Crippen molar-refractivity contribution in [1.82, 2.24) is 0 Å². The van der Waals surface area contributed by atoms with Crippen LogP contribution in [0.1, 0.15) is 0 Å². The Morgan fingerprint density at radius 2 is 1.50 bits per heavy atom. The number of hydrogen-bond donors (Lipinski definition) is 2. The Morgan fingerprint density at radius 1 is 1.50 bits per heavy atom. The number of halogens is 1. The van der Waals surface area contributed by atoms with Gasteiger partial charge in [-0.25, -0.2) is 5.90 Å². The zero-order valence-electron chi connectivity index (χ0n) is 2.40. The lowest BCUT2D eigenvalue weighted by atomic mass is 11.9. The Bertz CT molecular complexity index is 8.00. The average molecular weight is 67.1 g/mol. The van der Waals surface area contributed by atoms with Crippen LogP contribution >= 0.6 is 0 Å². The predicted molar refractivity (Wildman–Crippen MR) is 13.0 cm³/mol. The molecule has 0 unspecified atom stereocenters. The molecule has 0 fully saturated rings. The van der Waals surface area contributed by atoms with E-state index < -0.39 is 0 Å². The second kappa shape index (κ2) is 434. The summed E-state index contributed by atoms with van der Waals surface area (Å²) >= 11 is 0. The maximum Gasteiger partial charge on any atom is 0.0785 e. The highest BCUT2D eigenvalue weighted by molar-refractivity contribution is 3.23. The van der Waals surface area contributed by atoms with Crippen LogP contribution in [0.5, 0.6) is 0 Å². The SMILES string of the molecule is CF.NO. The van der Waals surface area contributed by atoms with Crippen molar-refractivity contribution in [1.29, 1.82) is 0 Å². The molecule has 0 saturated carbocycles. The van der Waals surface area contributed by atoms with Crippen molar-refractivity contribution in [3.8, 4) is 0 Å². The van der Waals surface area contributed by atoms with Crippen LogP contribution in [0.25, 0.3) is 0 Å². The van der Waals surface area contributed by atoms with E-state index in [4.69, 9.17) is 5.21 Å². The fraction of sp³-hybridized carbons (Fsp3) is 1.00. The van der Waals surface area contributed by atoms with Crippen molar-refractivity contribution in [3.63, 3.8) is 0 Å². The van der Waals surface area contributed by atoms with E-state index in [0.29, 0.717) is 7.18 Å². The summed E-state index contributed by atoms with van der Waals surface area (Å²) in [4.78, 5) is 0. The summed E-state index contributed by atoms with van der Waals surface area (Å²) in [6.45, 7) is 0. The first-order valence-corrected chi connectivity index (χ1v) is 0.636. The summed E-state index contributed by atoms with van der Waals surface area (Å²) in [5.74, 6) is 3.50. The van der Waals surface area contributed by atoms with Gasteiger partial charge in [-0.2, -0.15) is 0 Å². The molecule has 4 heavy (non-hydrogen) atoms. The monoisotopic (exact) mass is 67.0 g/mol. The number of hydrogen-bond acceptors (Lipinski definition) is 2. The zero-order valence-corrected chi connectivity index (χ0v) is 2.40. The van der Waals surface area contributed by atoms with Crippen LogP contribution in [0, 0.1) is 0 Å².